The standard InChI is InChI=1S/C27H28N2O3S/c1-2-3-4-5-6-7-17-31-24-14-10-22(11-15-24)27(30)32-25-12-8-21(9-13-25)20-29-26-23(19-28)16-18-33-26/h8-16,18,20H,2-7,17H2,1H3/b29-20+. The summed E-state index contributed by atoms with van der Waals surface area (Å²) in [6.07, 6.45) is 9.02. The first-order valence-electron chi connectivity index (χ1n) is 11.3. The van der Waals surface area contributed by atoms with Crippen LogP contribution in [0.5, 0.6) is 11.5 Å². The highest BCUT2D eigenvalue weighted by Crippen LogP contribution is 2.25. The summed E-state index contributed by atoms with van der Waals surface area (Å²) in [5.41, 5.74) is 1.87. The van der Waals surface area contributed by atoms with Crippen LogP contribution in [0.25, 0.3) is 0 Å². The van der Waals surface area contributed by atoms with E-state index >= 15 is 0 Å². The third-order valence-electron chi connectivity index (χ3n) is 5.04. The molecular formula is C27H28N2O3S. The number of hydrogen-bond donors (Lipinski definition) is 0. The zero-order valence-electron chi connectivity index (χ0n) is 18.8. The lowest BCUT2D eigenvalue weighted by atomic mass is 10.1. The van der Waals surface area contributed by atoms with Crippen LogP contribution in [0.2, 0.25) is 0 Å². The quantitative estimate of drug-likeness (QED) is 0.123. The Labute approximate surface area is 199 Å². The summed E-state index contributed by atoms with van der Waals surface area (Å²) in [5.74, 6) is 0.791. The van der Waals surface area contributed by atoms with Gasteiger partial charge in [0.05, 0.1) is 17.7 Å². The molecule has 0 fully saturated rings. The number of esters is 1. The molecule has 1 heterocycles. The molecule has 0 N–H and O–H groups in total. The number of rotatable bonds is 12. The first-order valence-corrected chi connectivity index (χ1v) is 12.1. The number of unbranched alkanes of at least 4 members (excludes halogenated alkanes) is 5. The maximum absolute atomic E-state index is 12.4. The Balaban J connectivity index is 1.45. The highest BCUT2D eigenvalue weighted by molar-refractivity contribution is 7.14. The first-order chi connectivity index (χ1) is 16.2. The molecule has 3 aromatic rings. The fraction of sp³-hybridized carbons (Fsp3) is 0.296. The monoisotopic (exact) mass is 460 g/mol. The zero-order valence-corrected chi connectivity index (χ0v) is 19.6. The lowest BCUT2D eigenvalue weighted by Crippen LogP contribution is -2.08. The molecule has 33 heavy (non-hydrogen) atoms. The molecule has 0 aliphatic rings. The van der Waals surface area contributed by atoms with E-state index in [0.29, 0.717) is 28.5 Å². The van der Waals surface area contributed by atoms with Gasteiger partial charge in [-0.1, -0.05) is 39.0 Å². The van der Waals surface area contributed by atoms with Crippen LogP contribution < -0.4 is 9.47 Å². The van der Waals surface area contributed by atoms with Crippen molar-refractivity contribution in [2.24, 2.45) is 4.99 Å². The highest BCUT2D eigenvalue weighted by atomic mass is 32.1. The Morgan fingerprint density at radius 2 is 1.67 bits per heavy atom. The molecule has 0 bridgehead atoms. The fourth-order valence-electron chi connectivity index (χ4n) is 3.17. The molecule has 5 nitrogen and oxygen atoms in total. The maximum atomic E-state index is 12.4. The number of carbonyl (C=O) groups excluding carboxylic acids is 1. The number of ether oxygens (including phenoxy) is 2. The summed E-state index contributed by atoms with van der Waals surface area (Å²) in [6, 6.07) is 17.9. The Morgan fingerprint density at radius 1 is 0.970 bits per heavy atom. The van der Waals surface area contributed by atoms with Gasteiger partial charge in [0.15, 0.2) is 0 Å². The van der Waals surface area contributed by atoms with Gasteiger partial charge >= 0.3 is 5.97 Å². The number of hydrogen-bond acceptors (Lipinski definition) is 6. The van der Waals surface area contributed by atoms with Crippen LogP contribution in [0.1, 0.15) is 66.9 Å². The van der Waals surface area contributed by atoms with Gasteiger partial charge in [-0.05, 0) is 72.0 Å². The van der Waals surface area contributed by atoms with Crippen molar-refractivity contribution in [3.8, 4) is 17.6 Å². The molecule has 0 radical (unpaired) electrons. The predicted molar refractivity (Wildman–Crippen MR) is 133 cm³/mol. The highest BCUT2D eigenvalue weighted by Gasteiger charge is 2.09. The average Bonchev–Trinajstić information content (AvgIpc) is 3.31. The fourth-order valence-corrected chi connectivity index (χ4v) is 3.85. The molecule has 0 spiro atoms. The van der Waals surface area contributed by atoms with Gasteiger partial charge in [0, 0.05) is 6.21 Å². The Bertz CT molecular complexity index is 1080. The van der Waals surface area contributed by atoms with E-state index in [2.05, 4.69) is 18.0 Å². The van der Waals surface area contributed by atoms with Gasteiger partial charge in [0.2, 0.25) is 0 Å². The van der Waals surface area contributed by atoms with E-state index in [1.165, 1.54) is 43.4 Å². The zero-order chi connectivity index (χ0) is 23.3. The Hall–Kier alpha value is -3.43. The van der Waals surface area contributed by atoms with Crippen LogP contribution in [-0.2, 0) is 0 Å². The van der Waals surface area contributed by atoms with Gasteiger partial charge < -0.3 is 9.47 Å². The van der Waals surface area contributed by atoms with Crippen LogP contribution in [0.4, 0.5) is 5.00 Å². The van der Waals surface area contributed by atoms with Crippen LogP contribution in [-0.4, -0.2) is 18.8 Å². The van der Waals surface area contributed by atoms with Crippen molar-refractivity contribution in [1.82, 2.24) is 0 Å². The van der Waals surface area contributed by atoms with Crippen molar-refractivity contribution in [2.75, 3.05) is 6.61 Å². The molecule has 0 saturated heterocycles. The molecule has 0 aliphatic heterocycles. The predicted octanol–water partition coefficient (Wildman–Crippen LogP) is 7.33. The molecule has 0 saturated carbocycles. The molecule has 6 heteroatoms. The molecule has 0 unspecified atom stereocenters. The van der Waals surface area contributed by atoms with Crippen LogP contribution in [0, 0.1) is 11.3 Å². The molecule has 0 atom stereocenters. The minimum Gasteiger partial charge on any atom is -0.494 e. The SMILES string of the molecule is CCCCCCCCOc1ccc(C(=O)Oc2ccc(/C=N/c3sccc3C#N)cc2)cc1. The second-order valence-electron chi connectivity index (χ2n) is 7.61. The van der Waals surface area contributed by atoms with Gasteiger partial charge in [0.25, 0.3) is 0 Å². The smallest absolute Gasteiger partial charge is 0.343 e. The van der Waals surface area contributed by atoms with E-state index in [9.17, 15) is 4.79 Å². The minimum absolute atomic E-state index is 0.420. The average molecular weight is 461 g/mol. The second-order valence-corrected chi connectivity index (χ2v) is 8.50. The van der Waals surface area contributed by atoms with E-state index in [1.54, 1.807) is 48.7 Å². The summed E-state index contributed by atoms with van der Waals surface area (Å²) < 4.78 is 11.2. The van der Waals surface area contributed by atoms with Gasteiger partial charge in [-0.15, -0.1) is 11.3 Å². The van der Waals surface area contributed by atoms with E-state index < -0.39 is 5.97 Å². The Kier molecular flexibility index (Phi) is 9.68. The number of nitrogens with zero attached hydrogens (tertiary/aromatic N) is 2. The number of nitriles is 1. The summed E-state index contributed by atoms with van der Waals surface area (Å²) in [7, 11) is 0. The van der Waals surface area contributed by atoms with Gasteiger partial charge in [-0.25, -0.2) is 9.79 Å². The normalized spacial score (nSPS) is 10.8. The molecular weight excluding hydrogens is 432 g/mol. The van der Waals surface area contributed by atoms with Crippen LogP contribution in [0.3, 0.4) is 0 Å². The first kappa shape index (κ1) is 24.2. The number of benzene rings is 2. The Morgan fingerprint density at radius 3 is 2.39 bits per heavy atom. The third kappa shape index (κ3) is 7.89. The minimum atomic E-state index is -0.420. The molecule has 0 amide bonds. The van der Waals surface area contributed by atoms with Crippen molar-refractivity contribution < 1.29 is 14.3 Å². The number of aliphatic imine (C=N–C) groups is 1. The molecule has 170 valence electrons. The van der Waals surface area contributed by atoms with Crippen molar-refractivity contribution in [3.05, 3.63) is 76.7 Å². The van der Waals surface area contributed by atoms with Crippen molar-refractivity contribution >= 4 is 28.5 Å². The topological polar surface area (TPSA) is 71.7 Å². The van der Waals surface area contributed by atoms with Gasteiger partial charge in [-0.2, -0.15) is 5.26 Å². The molecule has 2 aromatic carbocycles. The van der Waals surface area contributed by atoms with Gasteiger partial charge in [0.1, 0.15) is 22.6 Å². The van der Waals surface area contributed by atoms with Crippen LogP contribution >= 0.6 is 11.3 Å². The summed E-state index contributed by atoms with van der Waals surface area (Å²) in [4.78, 5) is 16.8. The van der Waals surface area contributed by atoms with Crippen molar-refractivity contribution in [1.29, 1.82) is 5.26 Å². The summed E-state index contributed by atoms with van der Waals surface area (Å²) in [5, 5.41) is 11.6. The van der Waals surface area contributed by atoms with E-state index in [4.69, 9.17) is 14.7 Å². The van der Waals surface area contributed by atoms with Crippen LogP contribution in [0.15, 0.2) is 65.0 Å². The van der Waals surface area contributed by atoms with E-state index in [-0.39, 0.29) is 0 Å². The number of carbonyl (C=O) groups is 1. The number of thiophene rings is 1. The second kappa shape index (κ2) is 13.2. The molecule has 3 rings (SSSR count). The maximum Gasteiger partial charge on any atom is 0.343 e. The molecule has 0 aliphatic carbocycles. The van der Waals surface area contributed by atoms with Crippen molar-refractivity contribution in [3.63, 3.8) is 0 Å². The van der Waals surface area contributed by atoms with E-state index in [1.807, 2.05) is 17.5 Å². The van der Waals surface area contributed by atoms with Gasteiger partial charge in [-0.3, -0.25) is 0 Å². The summed E-state index contributed by atoms with van der Waals surface area (Å²) in [6.45, 7) is 2.91. The largest absolute Gasteiger partial charge is 0.494 e. The molecule has 1 aromatic heterocycles. The summed E-state index contributed by atoms with van der Waals surface area (Å²) >= 11 is 1.41. The lowest BCUT2D eigenvalue weighted by Gasteiger charge is -2.08. The third-order valence-corrected chi connectivity index (χ3v) is 5.86. The van der Waals surface area contributed by atoms with E-state index in [0.717, 1.165) is 17.7 Å². The lowest BCUT2D eigenvalue weighted by molar-refractivity contribution is 0.0734. The van der Waals surface area contributed by atoms with Crippen molar-refractivity contribution in [2.45, 2.75) is 45.4 Å².